The lowest BCUT2D eigenvalue weighted by Crippen LogP contribution is -2.38. The van der Waals surface area contributed by atoms with Crippen LogP contribution in [0.3, 0.4) is 0 Å². The van der Waals surface area contributed by atoms with Crippen LogP contribution in [0.5, 0.6) is 0 Å². The quantitative estimate of drug-likeness (QED) is 0.454. The van der Waals surface area contributed by atoms with E-state index in [0.717, 1.165) is 0 Å². The Morgan fingerprint density at radius 1 is 1.43 bits per heavy atom. The summed E-state index contributed by atoms with van der Waals surface area (Å²) in [6, 6.07) is 2.11. The van der Waals surface area contributed by atoms with Gasteiger partial charge >= 0.3 is 0 Å². The van der Waals surface area contributed by atoms with Gasteiger partial charge in [0.05, 0.1) is 23.4 Å². The molecule has 14 heavy (non-hydrogen) atoms. The molecule has 1 saturated carbocycles. The predicted molar refractivity (Wildman–Crippen MR) is 50.6 cm³/mol. The zero-order valence-corrected chi connectivity index (χ0v) is 8.23. The molecule has 0 radical (unpaired) electrons. The molecule has 0 spiro atoms. The van der Waals surface area contributed by atoms with E-state index in [1.165, 1.54) is 0 Å². The van der Waals surface area contributed by atoms with Crippen LogP contribution in [0.1, 0.15) is 26.7 Å². The van der Waals surface area contributed by atoms with Crippen molar-refractivity contribution in [2.24, 2.45) is 21.6 Å². The molecule has 0 aromatic heterocycles. The summed E-state index contributed by atoms with van der Waals surface area (Å²) in [4.78, 5) is 0. The molecule has 0 saturated heterocycles. The van der Waals surface area contributed by atoms with Crippen molar-refractivity contribution in [1.82, 2.24) is 0 Å². The molecule has 1 fully saturated rings. The Balaban J connectivity index is 3.06. The lowest BCUT2D eigenvalue weighted by atomic mass is 9.68. The third-order valence-corrected chi connectivity index (χ3v) is 2.56. The number of oxime groups is 2. The van der Waals surface area contributed by atoms with Crippen LogP contribution in [-0.4, -0.2) is 21.8 Å². The number of nitrogens with zero attached hydrogens (tertiary/aromatic N) is 3. The first-order chi connectivity index (χ1) is 6.55. The summed E-state index contributed by atoms with van der Waals surface area (Å²) in [5.41, 5.74) is 0.571. The molecule has 1 aliphatic rings. The molecule has 0 bridgehead atoms. The van der Waals surface area contributed by atoms with Crippen molar-refractivity contribution in [1.29, 1.82) is 5.26 Å². The van der Waals surface area contributed by atoms with Gasteiger partial charge in [0.25, 0.3) is 0 Å². The highest BCUT2D eigenvalue weighted by Crippen LogP contribution is 2.37. The Bertz CT molecular complexity index is 325. The lowest BCUT2D eigenvalue weighted by Gasteiger charge is -2.34. The first-order valence-corrected chi connectivity index (χ1v) is 4.35. The number of rotatable bonds is 0. The fraction of sp³-hybridized carbons (Fsp3) is 0.667. The molecule has 1 rings (SSSR count). The number of hydrogen-bond donors (Lipinski definition) is 2. The van der Waals surface area contributed by atoms with Gasteiger partial charge in [-0.3, -0.25) is 0 Å². The van der Waals surface area contributed by atoms with E-state index in [1.807, 2.05) is 13.8 Å². The first-order valence-electron chi connectivity index (χ1n) is 4.35. The highest BCUT2D eigenvalue weighted by atomic mass is 16.4. The minimum absolute atomic E-state index is 0.272. The van der Waals surface area contributed by atoms with Gasteiger partial charge in [-0.05, 0) is 11.8 Å². The number of nitriles is 1. The van der Waals surface area contributed by atoms with Gasteiger partial charge in [0.1, 0.15) is 0 Å². The summed E-state index contributed by atoms with van der Waals surface area (Å²) in [5, 5.41) is 32.6. The van der Waals surface area contributed by atoms with E-state index in [9.17, 15) is 0 Å². The van der Waals surface area contributed by atoms with E-state index in [1.54, 1.807) is 0 Å². The largest absolute Gasteiger partial charge is 0.411 e. The van der Waals surface area contributed by atoms with E-state index >= 15 is 0 Å². The molecule has 2 N–H and O–H groups in total. The average Bonchev–Trinajstić information content (AvgIpc) is 2.15. The van der Waals surface area contributed by atoms with Crippen LogP contribution in [0.2, 0.25) is 0 Å². The molecule has 5 nitrogen and oxygen atoms in total. The van der Waals surface area contributed by atoms with Crippen LogP contribution in [0, 0.1) is 22.7 Å². The molecule has 1 unspecified atom stereocenters. The van der Waals surface area contributed by atoms with Crippen LogP contribution in [0.15, 0.2) is 10.3 Å². The maximum atomic E-state index is 8.94. The fourth-order valence-electron chi connectivity index (χ4n) is 1.87. The van der Waals surface area contributed by atoms with Crippen molar-refractivity contribution < 1.29 is 10.4 Å². The van der Waals surface area contributed by atoms with Crippen molar-refractivity contribution in [3.8, 4) is 6.07 Å². The molecule has 1 atom stereocenters. The minimum atomic E-state index is -0.419. The van der Waals surface area contributed by atoms with Gasteiger partial charge < -0.3 is 10.4 Å². The zero-order valence-electron chi connectivity index (χ0n) is 8.23. The molecule has 0 amide bonds. The van der Waals surface area contributed by atoms with Gasteiger partial charge in [-0.2, -0.15) is 5.26 Å². The average molecular weight is 195 g/mol. The first kappa shape index (κ1) is 10.5. The summed E-state index contributed by atoms with van der Waals surface area (Å²) in [5.74, 6) is -0.419. The Morgan fingerprint density at radius 3 is 2.50 bits per heavy atom. The summed E-state index contributed by atoms with van der Waals surface area (Å²) >= 11 is 0. The Hall–Kier alpha value is -1.57. The molecule has 76 valence electrons. The molecule has 0 aromatic rings. The van der Waals surface area contributed by atoms with E-state index in [-0.39, 0.29) is 11.8 Å². The van der Waals surface area contributed by atoms with Crippen molar-refractivity contribution in [2.45, 2.75) is 26.7 Å². The molecule has 0 heterocycles. The van der Waals surface area contributed by atoms with Crippen molar-refractivity contribution in [2.75, 3.05) is 0 Å². The van der Waals surface area contributed by atoms with Gasteiger partial charge in [0.2, 0.25) is 0 Å². The predicted octanol–water partition coefficient (Wildman–Crippen LogP) is 1.61. The van der Waals surface area contributed by atoms with Crippen LogP contribution in [0.4, 0.5) is 0 Å². The summed E-state index contributed by atoms with van der Waals surface area (Å²) in [6.45, 7) is 3.77. The topological polar surface area (TPSA) is 89.0 Å². The van der Waals surface area contributed by atoms with Crippen molar-refractivity contribution >= 4 is 11.4 Å². The molecule has 5 heteroatoms. The second-order valence-corrected chi connectivity index (χ2v) is 4.16. The standard InChI is InChI=1S/C9H13N3O2/c1-9(2)4-6(11-13)3-8(12-14)7(9)5-10/h7,13-14H,3-4H2,1-2H3. The van der Waals surface area contributed by atoms with Crippen LogP contribution in [0.25, 0.3) is 0 Å². The number of hydrogen-bond acceptors (Lipinski definition) is 5. The van der Waals surface area contributed by atoms with Gasteiger partial charge in [-0.15, -0.1) is 0 Å². The van der Waals surface area contributed by atoms with Crippen molar-refractivity contribution in [3.05, 3.63) is 0 Å². The molecular weight excluding hydrogens is 182 g/mol. The van der Waals surface area contributed by atoms with E-state index in [2.05, 4.69) is 16.4 Å². The van der Waals surface area contributed by atoms with Gasteiger partial charge in [-0.25, -0.2) is 0 Å². The zero-order chi connectivity index (χ0) is 10.8. The van der Waals surface area contributed by atoms with Crippen LogP contribution >= 0.6 is 0 Å². The monoisotopic (exact) mass is 195 g/mol. The smallest absolute Gasteiger partial charge is 0.0937 e. The molecule has 0 aromatic carbocycles. The third kappa shape index (κ3) is 1.69. The van der Waals surface area contributed by atoms with E-state index < -0.39 is 5.92 Å². The lowest BCUT2D eigenvalue weighted by molar-refractivity contribution is 0.277. The molecular formula is C9H13N3O2. The Morgan fingerprint density at radius 2 is 2.07 bits per heavy atom. The van der Waals surface area contributed by atoms with E-state index in [0.29, 0.717) is 17.8 Å². The highest BCUT2D eigenvalue weighted by Gasteiger charge is 2.40. The molecule has 0 aliphatic heterocycles. The maximum Gasteiger partial charge on any atom is 0.0937 e. The maximum absolute atomic E-state index is 8.94. The fourth-order valence-corrected chi connectivity index (χ4v) is 1.87. The SMILES string of the molecule is CC1(C)CC(=NO)CC(=NO)C1C#N. The Labute approximate surface area is 82.3 Å². The second kappa shape index (κ2) is 3.66. The third-order valence-electron chi connectivity index (χ3n) is 2.56. The van der Waals surface area contributed by atoms with Gasteiger partial charge in [-0.1, -0.05) is 24.2 Å². The van der Waals surface area contributed by atoms with Crippen molar-refractivity contribution in [3.63, 3.8) is 0 Å². The second-order valence-electron chi connectivity index (χ2n) is 4.16. The Kier molecular flexibility index (Phi) is 2.75. The summed E-state index contributed by atoms with van der Waals surface area (Å²) in [7, 11) is 0. The molecule has 1 aliphatic carbocycles. The summed E-state index contributed by atoms with van der Waals surface area (Å²) in [6.07, 6.45) is 0.815. The van der Waals surface area contributed by atoms with Crippen LogP contribution in [-0.2, 0) is 0 Å². The van der Waals surface area contributed by atoms with E-state index in [4.69, 9.17) is 15.7 Å². The normalized spacial score (nSPS) is 31.6. The summed E-state index contributed by atoms with van der Waals surface area (Å²) < 4.78 is 0. The highest BCUT2D eigenvalue weighted by molar-refractivity contribution is 6.08. The van der Waals surface area contributed by atoms with Crippen LogP contribution < -0.4 is 0 Å². The minimum Gasteiger partial charge on any atom is -0.411 e. The van der Waals surface area contributed by atoms with Gasteiger partial charge in [0.15, 0.2) is 0 Å². The van der Waals surface area contributed by atoms with Gasteiger partial charge in [0, 0.05) is 6.42 Å².